The minimum Gasteiger partial charge on any atom is -0.492 e. The lowest BCUT2D eigenvalue weighted by molar-refractivity contribution is -0.128. The molecule has 0 saturated carbocycles. The molecule has 1 aromatic carbocycles. The van der Waals surface area contributed by atoms with Crippen LogP contribution in [0, 0.1) is 0 Å². The highest BCUT2D eigenvalue weighted by Crippen LogP contribution is 2.16. The van der Waals surface area contributed by atoms with Gasteiger partial charge < -0.3 is 10.1 Å². The van der Waals surface area contributed by atoms with Crippen LogP contribution >= 0.6 is 15.9 Å². The van der Waals surface area contributed by atoms with Gasteiger partial charge in [0, 0.05) is 24.1 Å². The third-order valence-electron chi connectivity index (χ3n) is 3.09. The predicted molar refractivity (Wildman–Crippen MR) is 73.7 cm³/mol. The summed E-state index contributed by atoms with van der Waals surface area (Å²) in [6.45, 7) is 4.90. The molecule has 1 aliphatic heterocycles. The first-order chi connectivity index (χ1) is 8.66. The molecule has 4 nitrogen and oxygen atoms in total. The summed E-state index contributed by atoms with van der Waals surface area (Å²) in [6.07, 6.45) is 0. The smallest absolute Gasteiger partial charge is 0.237 e. The molecule has 2 rings (SSSR count). The van der Waals surface area contributed by atoms with Crippen molar-refractivity contribution >= 4 is 21.8 Å². The lowest BCUT2D eigenvalue weighted by Crippen LogP contribution is -2.54. The Kier molecular flexibility index (Phi) is 4.60. The van der Waals surface area contributed by atoms with Crippen LogP contribution in [0.1, 0.15) is 6.92 Å². The van der Waals surface area contributed by atoms with Crippen molar-refractivity contribution in [1.29, 1.82) is 0 Å². The maximum atomic E-state index is 11.5. The highest BCUT2D eigenvalue weighted by molar-refractivity contribution is 9.10. The Morgan fingerprint density at radius 1 is 1.44 bits per heavy atom. The van der Waals surface area contributed by atoms with Gasteiger partial charge in [-0.15, -0.1) is 0 Å². The molecule has 1 aromatic rings. The first-order valence-electron chi connectivity index (χ1n) is 6.07. The molecule has 0 spiro atoms. The van der Waals surface area contributed by atoms with E-state index in [1.165, 1.54) is 0 Å². The zero-order valence-electron chi connectivity index (χ0n) is 10.4. The summed E-state index contributed by atoms with van der Waals surface area (Å²) in [4.78, 5) is 13.6. The van der Waals surface area contributed by atoms with E-state index in [1.807, 2.05) is 31.2 Å². The molecule has 0 bridgehead atoms. The molecule has 1 unspecified atom stereocenters. The third kappa shape index (κ3) is 3.46. The number of carbonyl (C=O) groups excluding carboxylic acids is 1. The topological polar surface area (TPSA) is 41.6 Å². The Bertz CT molecular complexity index is 408. The Labute approximate surface area is 115 Å². The molecule has 98 valence electrons. The fourth-order valence-corrected chi connectivity index (χ4v) is 2.21. The lowest BCUT2D eigenvalue weighted by atomic mass is 10.2. The minimum absolute atomic E-state index is 0.0627. The van der Waals surface area contributed by atoms with E-state index in [0.717, 1.165) is 29.9 Å². The van der Waals surface area contributed by atoms with Gasteiger partial charge in [-0.25, -0.2) is 0 Å². The van der Waals surface area contributed by atoms with Crippen LogP contribution in [0.3, 0.4) is 0 Å². The average molecular weight is 313 g/mol. The molecular weight excluding hydrogens is 296 g/mol. The normalized spacial score (nSPS) is 20.6. The van der Waals surface area contributed by atoms with E-state index in [0.29, 0.717) is 6.61 Å². The van der Waals surface area contributed by atoms with Gasteiger partial charge in [0.15, 0.2) is 0 Å². The number of amides is 1. The van der Waals surface area contributed by atoms with Crippen molar-refractivity contribution in [2.45, 2.75) is 13.0 Å². The highest BCUT2D eigenvalue weighted by Gasteiger charge is 2.24. The highest BCUT2D eigenvalue weighted by atomic mass is 79.9. The maximum absolute atomic E-state index is 11.5. The number of hydrogen-bond acceptors (Lipinski definition) is 3. The number of carbonyl (C=O) groups is 1. The summed E-state index contributed by atoms with van der Waals surface area (Å²) in [5, 5.41) is 2.85. The van der Waals surface area contributed by atoms with Crippen LogP contribution in [0.25, 0.3) is 0 Å². The number of piperazine rings is 1. The van der Waals surface area contributed by atoms with Gasteiger partial charge in [-0.3, -0.25) is 9.69 Å². The lowest BCUT2D eigenvalue weighted by Gasteiger charge is -2.32. The molecule has 1 N–H and O–H groups in total. The van der Waals surface area contributed by atoms with Crippen molar-refractivity contribution < 1.29 is 9.53 Å². The summed E-state index contributed by atoms with van der Waals surface area (Å²) in [5.74, 6) is 0.956. The van der Waals surface area contributed by atoms with Gasteiger partial charge in [0.1, 0.15) is 12.4 Å². The summed E-state index contributed by atoms with van der Waals surface area (Å²) >= 11 is 3.38. The maximum Gasteiger partial charge on any atom is 0.237 e. The Balaban J connectivity index is 1.78. The predicted octanol–water partition coefficient (Wildman–Crippen LogP) is 1.65. The van der Waals surface area contributed by atoms with Crippen molar-refractivity contribution in [3.8, 4) is 5.75 Å². The monoisotopic (exact) mass is 312 g/mol. The second kappa shape index (κ2) is 6.20. The summed E-state index contributed by atoms with van der Waals surface area (Å²) in [7, 11) is 0. The van der Waals surface area contributed by atoms with Crippen LogP contribution < -0.4 is 10.1 Å². The molecular formula is C13H17BrN2O2. The molecule has 0 aliphatic carbocycles. The second-order valence-electron chi connectivity index (χ2n) is 4.31. The van der Waals surface area contributed by atoms with Gasteiger partial charge in [-0.2, -0.15) is 0 Å². The Hall–Kier alpha value is -1.07. The van der Waals surface area contributed by atoms with E-state index in [2.05, 4.69) is 26.1 Å². The first kappa shape index (κ1) is 13.4. The van der Waals surface area contributed by atoms with Gasteiger partial charge >= 0.3 is 0 Å². The van der Waals surface area contributed by atoms with Gasteiger partial charge in [-0.1, -0.05) is 15.9 Å². The molecule has 1 aliphatic rings. The molecule has 1 saturated heterocycles. The molecule has 1 atom stereocenters. The minimum atomic E-state index is -0.0627. The van der Waals surface area contributed by atoms with E-state index in [-0.39, 0.29) is 11.9 Å². The van der Waals surface area contributed by atoms with Crippen molar-refractivity contribution in [3.05, 3.63) is 28.7 Å². The summed E-state index contributed by atoms with van der Waals surface area (Å²) < 4.78 is 6.69. The zero-order chi connectivity index (χ0) is 13.0. The standard InChI is InChI=1S/C13H17BrN2O2/c1-10-13(17)15-6-7-16(10)8-9-18-12-4-2-11(14)3-5-12/h2-5,10H,6-9H2,1H3,(H,15,17). The van der Waals surface area contributed by atoms with Crippen LogP contribution in [-0.2, 0) is 4.79 Å². The molecule has 5 heteroatoms. The quantitative estimate of drug-likeness (QED) is 0.919. The largest absolute Gasteiger partial charge is 0.492 e. The number of rotatable bonds is 4. The van der Waals surface area contributed by atoms with Crippen LogP contribution in [0.15, 0.2) is 28.7 Å². The van der Waals surface area contributed by atoms with E-state index >= 15 is 0 Å². The molecule has 1 heterocycles. The SMILES string of the molecule is CC1C(=O)NCCN1CCOc1ccc(Br)cc1. The van der Waals surface area contributed by atoms with Gasteiger partial charge in [0.05, 0.1) is 6.04 Å². The molecule has 1 fully saturated rings. The number of nitrogens with zero attached hydrogens (tertiary/aromatic N) is 1. The van der Waals surface area contributed by atoms with Gasteiger partial charge in [0.25, 0.3) is 0 Å². The van der Waals surface area contributed by atoms with Crippen molar-refractivity contribution in [2.75, 3.05) is 26.2 Å². The van der Waals surface area contributed by atoms with Crippen molar-refractivity contribution in [2.24, 2.45) is 0 Å². The first-order valence-corrected chi connectivity index (χ1v) is 6.86. The number of hydrogen-bond donors (Lipinski definition) is 1. The van der Waals surface area contributed by atoms with Gasteiger partial charge in [0.2, 0.25) is 5.91 Å². The van der Waals surface area contributed by atoms with Crippen LogP contribution in [0.4, 0.5) is 0 Å². The molecule has 0 radical (unpaired) electrons. The average Bonchev–Trinajstić information content (AvgIpc) is 2.37. The molecule has 0 aromatic heterocycles. The number of halogens is 1. The number of ether oxygens (including phenoxy) is 1. The second-order valence-corrected chi connectivity index (χ2v) is 5.22. The van der Waals surface area contributed by atoms with Crippen LogP contribution in [0.5, 0.6) is 5.75 Å². The summed E-state index contributed by atoms with van der Waals surface area (Å²) in [5.41, 5.74) is 0. The number of nitrogens with one attached hydrogen (secondary N) is 1. The number of benzene rings is 1. The van der Waals surface area contributed by atoms with E-state index in [1.54, 1.807) is 0 Å². The van der Waals surface area contributed by atoms with Crippen molar-refractivity contribution in [1.82, 2.24) is 10.2 Å². The Morgan fingerprint density at radius 3 is 2.89 bits per heavy atom. The van der Waals surface area contributed by atoms with Gasteiger partial charge in [-0.05, 0) is 31.2 Å². The van der Waals surface area contributed by atoms with E-state index in [9.17, 15) is 4.79 Å². The third-order valence-corrected chi connectivity index (χ3v) is 3.61. The van der Waals surface area contributed by atoms with Crippen molar-refractivity contribution in [3.63, 3.8) is 0 Å². The summed E-state index contributed by atoms with van der Waals surface area (Å²) in [6, 6.07) is 7.69. The fourth-order valence-electron chi connectivity index (χ4n) is 1.95. The molecule has 18 heavy (non-hydrogen) atoms. The van der Waals surface area contributed by atoms with E-state index < -0.39 is 0 Å². The molecule has 1 amide bonds. The zero-order valence-corrected chi connectivity index (χ0v) is 11.9. The van der Waals surface area contributed by atoms with Crippen LogP contribution in [-0.4, -0.2) is 43.1 Å². The van der Waals surface area contributed by atoms with E-state index in [4.69, 9.17) is 4.74 Å². The fraction of sp³-hybridized carbons (Fsp3) is 0.462. The Morgan fingerprint density at radius 2 is 2.17 bits per heavy atom. The van der Waals surface area contributed by atoms with Crippen LogP contribution in [0.2, 0.25) is 0 Å².